The Morgan fingerprint density at radius 1 is 1.06 bits per heavy atom. The molecule has 2 aromatic heterocycles. The molecule has 180 valence electrons. The first-order valence-electron chi connectivity index (χ1n) is 12.3. The maximum atomic E-state index is 6.74. The van der Waals surface area contributed by atoms with Crippen LogP contribution in [0.25, 0.3) is 0 Å². The minimum absolute atomic E-state index is 0.345. The molecule has 5 heterocycles. The van der Waals surface area contributed by atoms with Crippen LogP contribution in [-0.4, -0.2) is 60.1 Å². The van der Waals surface area contributed by atoms with Crippen LogP contribution in [-0.2, 0) is 9.47 Å². The molecule has 0 amide bonds. The fraction of sp³-hybridized carbons (Fsp3) is 0.520. The zero-order valence-electron chi connectivity index (χ0n) is 19.4. The van der Waals surface area contributed by atoms with E-state index in [1.54, 1.807) is 0 Å². The fourth-order valence-corrected chi connectivity index (χ4v) is 4.73. The van der Waals surface area contributed by atoms with E-state index in [2.05, 4.69) is 37.5 Å². The number of nitrogens with zero attached hydrogens (tertiary/aromatic N) is 4. The number of allylic oxidation sites excluding steroid dienone is 2. The highest BCUT2D eigenvalue weighted by atomic mass is 16.5. The fourth-order valence-electron chi connectivity index (χ4n) is 4.73. The first-order chi connectivity index (χ1) is 16.8. The predicted octanol–water partition coefficient (Wildman–Crippen LogP) is 3.16. The molecule has 0 aromatic carbocycles. The molecule has 6 rings (SSSR count). The standard InChI is InChI=1S/C25H32N6O3/c1-2-9-27-25(8-1,28-20-5-10-26-23(17-20)30-11-15-33-16-12-30)34-22-18-31(21-3-4-21)29-24(22)19-6-13-32-14-7-19/h1-2,5,8-10,17-19,21,27H,3-4,6-7,11-16H2,(H,26,28). The molecule has 4 aliphatic rings. The Bertz CT molecular complexity index is 1050. The monoisotopic (exact) mass is 464 g/mol. The van der Waals surface area contributed by atoms with Gasteiger partial charge in [-0.3, -0.25) is 4.68 Å². The van der Waals surface area contributed by atoms with E-state index in [9.17, 15) is 0 Å². The van der Waals surface area contributed by atoms with Crippen molar-refractivity contribution in [1.29, 1.82) is 0 Å². The molecule has 0 spiro atoms. The lowest BCUT2D eigenvalue weighted by molar-refractivity contribution is 0.0812. The number of nitrogens with one attached hydrogen (secondary N) is 2. The summed E-state index contributed by atoms with van der Waals surface area (Å²) in [5.74, 6) is 1.16. The Labute approximate surface area is 199 Å². The molecular formula is C25H32N6O3. The van der Waals surface area contributed by atoms with Crippen LogP contribution in [0.5, 0.6) is 5.75 Å². The molecule has 2 N–H and O–H groups in total. The Balaban J connectivity index is 1.28. The molecule has 1 saturated carbocycles. The van der Waals surface area contributed by atoms with Crippen molar-refractivity contribution in [3.63, 3.8) is 0 Å². The minimum atomic E-state index is -0.935. The van der Waals surface area contributed by atoms with Gasteiger partial charge in [0.05, 0.1) is 25.5 Å². The van der Waals surface area contributed by atoms with Crippen molar-refractivity contribution in [1.82, 2.24) is 20.1 Å². The summed E-state index contributed by atoms with van der Waals surface area (Å²) in [5.41, 5.74) is 1.95. The van der Waals surface area contributed by atoms with Gasteiger partial charge in [-0.1, -0.05) is 6.08 Å². The van der Waals surface area contributed by atoms with E-state index < -0.39 is 5.85 Å². The maximum Gasteiger partial charge on any atom is 0.280 e. The SMILES string of the molecule is C1=CNC(Nc2ccnc(N3CCOCC3)c2)(Oc2cn(C3CC3)nc2C2CCOCC2)C=C1. The first-order valence-corrected chi connectivity index (χ1v) is 12.3. The van der Waals surface area contributed by atoms with Crippen LogP contribution >= 0.6 is 0 Å². The molecular weight excluding hydrogens is 432 g/mol. The second kappa shape index (κ2) is 9.31. The average molecular weight is 465 g/mol. The van der Waals surface area contributed by atoms with Crippen molar-refractivity contribution in [3.05, 3.63) is 54.6 Å². The van der Waals surface area contributed by atoms with Gasteiger partial charge in [-0.15, -0.1) is 0 Å². The summed E-state index contributed by atoms with van der Waals surface area (Å²) in [6.07, 6.45) is 16.1. The van der Waals surface area contributed by atoms with Crippen LogP contribution in [0.4, 0.5) is 11.5 Å². The van der Waals surface area contributed by atoms with Crippen molar-refractivity contribution in [2.45, 2.75) is 43.5 Å². The molecule has 0 radical (unpaired) electrons. The van der Waals surface area contributed by atoms with Gasteiger partial charge in [0, 0.05) is 62.4 Å². The van der Waals surface area contributed by atoms with Crippen LogP contribution < -0.4 is 20.3 Å². The Kier molecular flexibility index (Phi) is 5.88. The molecule has 1 aliphatic carbocycles. The lowest BCUT2D eigenvalue weighted by Crippen LogP contribution is -2.54. The third-order valence-corrected chi connectivity index (χ3v) is 6.77. The molecule has 9 heteroatoms. The normalized spacial score (nSPS) is 25.2. The largest absolute Gasteiger partial charge is 0.443 e. The number of hydrogen-bond donors (Lipinski definition) is 2. The molecule has 34 heavy (non-hydrogen) atoms. The molecule has 1 atom stereocenters. The minimum Gasteiger partial charge on any atom is -0.443 e. The van der Waals surface area contributed by atoms with Crippen molar-refractivity contribution in [2.24, 2.45) is 0 Å². The molecule has 3 aliphatic heterocycles. The Morgan fingerprint density at radius 3 is 2.65 bits per heavy atom. The Hall–Kier alpha value is -3.04. The number of hydrogen-bond acceptors (Lipinski definition) is 8. The van der Waals surface area contributed by atoms with Gasteiger partial charge in [-0.2, -0.15) is 5.10 Å². The van der Waals surface area contributed by atoms with Crippen molar-refractivity contribution in [2.75, 3.05) is 49.7 Å². The topological polar surface area (TPSA) is 85.7 Å². The van der Waals surface area contributed by atoms with Crippen molar-refractivity contribution < 1.29 is 14.2 Å². The van der Waals surface area contributed by atoms with E-state index in [0.717, 1.165) is 75.3 Å². The smallest absolute Gasteiger partial charge is 0.280 e. The average Bonchev–Trinajstić information content (AvgIpc) is 3.66. The molecule has 1 unspecified atom stereocenters. The summed E-state index contributed by atoms with van der Waals surface area (Å²) in [4.78, 5) is 6.83. The zero-order chi connectivity index (χ0) is 22.8. The van der Waals surface area contributed by atoms with Gasteiger partial charge in [-0.05, 0) is 37.8 Å². The van der Waals surface area contributed by atoms with E-state index in [1.165, 1.54) is 12.8 Å². The van der Waals surface area contributed by atoms with Crippen LogP contribution in [0.2, 0.25) is 0 Å². The second-order valence-corrected chi connectivity index (χ2v) is 9.30. The molecule has 3 fully saturated rings. The maximum absolute atomic E-state index is 6.74. The van der Waals surface area contributed by atoms with Gasteiger partial charge in [0.15, 0.2) is 5.75 Å². The lowest BCUT2D eigenvalue weighted by atomic mass is 9.96. The summed E-state index contributed by atoms with van der Waals surface area (Å²) in [7, 11) is 0. The quantitative estimate of drug-likeness (QED) is 0.605. The highest BCUT2D eigenvalue weighted by Crippen LogP contribution is 2.40. The Morgan fingerprint density at radius 2 is 1.88 bits per heavy atom. The van der Waals surface area contributed by atoms with Crippen LogP contribution in [0.3, 0.4) is 0 Å². The summed E-state index contributed by atoms with van der Waals surface area (Å²) in [6.45, 7) is 4.67. The van der Waals surface area contributed by atoms with Crippen LogP contribution in [0.1, 0.15) is 43.3 Å². The van der Waals surface area contributed by atoms with Gasteiger partial charge in [0.25, 0.3) is 5.85 Å². The zero-order valence-corrected chi connectivity index (χ0v) is 19.4. The van der Waals surface area contributed by atoms with Crippen LogP contribution in [0.15, 0.2) is 49.0 Å². The van der Waals surface area contributed by atoms with Gasteiger partial charge in [0.1, 0.15) is 11.5 Å². The van der Waals surface area contributed by atoms with Gasteiger partial charge in [-0.25, -0.2) is 4.98 Å². The summed E-state index contributed by atoms with van der Waals surface area (Å²) >= 11 is 0. The first kappa shape index (κ1) is 21.5. The number of ether oxygens (including phenoxy) is 3. The van der Waals surface area contributed by atoms with Crippen molar-refractivity contribution in [3.8, 4) is 5.75 Å². The number of anilines is 2. The van der Waals surface area contributed by atoms with Crippen LogP contribution in [0, 0.1) is 0 Å². The highest BCUT2D eigenvalue weighted by Gasteiger charge is 2.35. The van der Waals surface area contributed by atoms with E-state index in [1.807, 2.05) is 36.7 Å². The van der Waals surface area contributed by atoms with E-state index in [-0.39, 0.29) is 0 Å². The predicted molar refractivity (Wildman–Crippen MR) is 129 cm³/mol. The number of aromatic nitrogens is 3. The van der Waals surface area contributed by atoms with Gasteiger partial charge in [0.2, 0.25) is 0 Å². The summed E-state index contributed by atoms with van der Waals surface area (Å²) in [6, 6.07) is 4.53. The number of rotatable bonds is 7. The molecule has 2 aromatic rings. The lowest BCUT2D eigenvalue weighted by Gasteiger charge is -2.35. The number of pyridine rings is 1. The third-order valence-electron chi connectivity index (χ3n) is 6.77. The summed E-state index contributed by atoms with van der Waals surface area (Å²) < 4.78 is 19.9. The summed E-state index contributed by atoms with van der Waals surface area (Å²) in [5, 5.41) is 12.0. The number of morpholine rings is 1. The molecule has 9 nitrogen and oxygen atoms in total. The highest BCUT2D eigenvalue weighted by molar-refractivity contribution is 5.55. The molecule has 2 saturated heterocycles. The van der Waals surface area contributed by atoms with Gasteiger partial charge < -0.3 is 29.7 Å². The van der Waals surface area contributed by atoms with E-state index >= 15 is 0 Å². The number of dihydropyridines is 1. The third kappa shape index (κ3) is 4.63. The van der Waals surface area contributed by atoms with E-state index in [4.69, 9.17) is 19.3 Å². The second-order valence-electron chi connectivity index (χ2n) is 9.30. The van der Waals surface area contributed by atoms with Crippen molar-refractivity contribution >= 4 is 11.5 Å². The van der Waals surface area contributed by atoms with Gasteiger partial charge >= 0.3 is 0 Å². The van der Waals surface area contributed by atoms with E-state index in [0.29, 0.717) is 12.0 Å². The molecule has 0 bridgehead atoms.